The molecule has 0 fully saturated rings. The van der Waals surface area contributed by atoms with Crippen LogP contribution in [0.15, 0.2) is 18.2 Å². The van der Waals surface area contributed by atoms with E-state index in [9.17, 15) is 4.39 Å². The molecule has 0 spiro atoms. The van der Waals surface area contributed by atoms with E-state index >= 15 is 0 Å². The average Bonchev–Trinajstić information content (AvgIpc) is 2.21. The van der Waals surface area contributed by atoms with E-state index in [1.807, 2.05) is 0 Å². The molecule has 0 aliphatic carbocycles. The van der Waals surface area contributed by atoms with E-state index in [1.54, 1.807) is 6.07 Å². The summed E-state index contributed by atoms with van der Waals surface area (Å²) in [5.74, 6) is 1.79. The average molecular weight is 263 g/mol. The van der Waals surface area contributed by atoms with Crippen molar-refractivity contribution in [3.8, 4) is 5.75 Å². The lowest BCUT2D eigenvalue weighted by Gasteiger charge is -2.19. The summed E-state index contributed by atoms with van der Waals surface area (Å²) < 4.78 is 18.3. The Hall–Kier alpha value is -0.410. The Balaban J connectivity index is 2.60. The van der Waals surface area contributed by atoms with Gasteiger partial charge in [-0.3, -0.25) is 0 Å². The van der Waals surface area contributed by atoms with Crippen LogP contribution >= 0.6 is 24.2 Å². The topological polar surface area (TPSA) is 9.23 Å². The molecule has 16 heavy (non-hydrogen) atoms. The van der Waals surface area contributed by atoms with Crippen molar-refractivity contribution in [2.45, 2.75) is 13.8 Å². The minimum Gasteiger partial charge on any atom is -0.492 e. The normalized spacial score (nSPS) is 12.9. The van der Waals surface area contributed by atoms with E-state index < -0.39 is 0 Å². The fourth-order valence-electron chi connectivity index (χ4n) is 1.25. The van der Waals surface area contributed by atoms with Crippen molar-refractivity contribution >= 4 is 24.2 Å². The van der Waals surface area contributed by atoms with Crippen molar-refractivity contribution in [2.24, 2.45) is 11.8 Å². The molecule has 1 aromatic rings. The molecule has 0 aliphatic heterocycles. The van der Waals surface area contributed by atoms with Gasteiger partial charge in [-0.1, -0.05) is 25.4 Å². The fourth-order valence-corrected chi connectivity index (χ4v) is 1.99. The smallest absolute Gasteiger partial charge is 0.138 e. The molecule has 1 unspecified atom stereocenters. The molecule has 0 radical (unpaired) electrons. The van der Waals surface area contributed by atoms with E-state index in [0.717, 1.165) is 5.75 Å². The minimum absolute atomic E-state index is 0.307. The third-order valence-electron chi connectivity index (χ3n) is 2.52. The summed E-state index contributed by atoms with van der Waals surface area (Å²) in [6, 6.07) is 4.14. The second kappa shape index (κ2) is 6.36. The number of hydrogen-bond acceptors (Lipinski definition) is 2. The van der Waals surface area contributed by atoms with Crippen LogP contribution in [0.5, 0.6) is 5.75 Å². The first-order valence-electron chi connectivity index (χ1n) is 5.23. The SMILES string of the molecule is CC(C)C(CS)COc1ccc(F)cc1Cl. The number of hydrogen-bond donors (Lipinski definition) is 1. The lowest BCUT2D eigenvalue weighted by atomic mass is 9.99. The van der Waals surface area contributed by atoms with Crippen LogP contribution in [0, 0.1) is 17.7 Å². The quantitative estimate of drug-likeness (QED) is 0.788. The second-order valence-corrected chi connectivity index (χ2v) is 4.84. The highest BCUT2D eigenvalue weighted by molar-refractivity contribution is 7.80. The number of benzene rings is 1. The maximum atomic E-state index is 12.8. The van der Waals surface area contributed by atoms with Gasteiger partial charge in [0, 0.05) is 5.92 Å². The van der Waals surface area contributed by atoms with Crippen molar-refractivity contribution in [3.63, 3.8) is 0 Å². The predicted octanol–water partition coefficient (Wildman–Crippen LogP) is 4.06. The van der Waals surface area contributed by atoms with Gasteiger partial charge in [0.25, 0.3) is 0 Å². The van der Waals surface area contributed by atoms with Gasteiger partial charge in [0.2, 0.25) is 0 Å². The van der Waals surface area contributed by atoms with Crippen molar-refractivity contribution < 1.29 is 9.13 Å². The van der Waals surface area contributed by atoms with Crippen LogP contribution in [0.1, 0.15) is 13.8 Å². The number of thiol groups is 1. The Bertz CT molecular complexity index is 344. The Kier molecular flexibility index (Phi) is 5.42. The summed E-state index contributed by atoms with van der Waals surface area (Å²) in [6.07, 6.45) is 0. The molecule has 4 heteroatoms. The van der Waals surface area contributed by atoms with Gasteiger partial charge in [-0.25, -0.2) is 4.39 Å². The van der Waals surface area contributed by atoms with Gasteiger partial charge in [0.1, 0.15) is 11.6 Å². The van der Waals surface area contributed by atoms with Crippen molar-refractivity contribution in [1.82, 2.24) is 0 Å². The van der Waals surface area contributed by atoms with E-state index in [-0.39, 0.29) is 5.82 Å². The second-order valence-electron chi connectivity index (χ2n) is 4.07. The first kappa shape index (κ1) is 13.7. The van der Waals surface area contributed by atoms with Crippen LogP contribution in [0.2, 0.25) is 5.02 Å². The number of rotatable bonds is 5. The monoisotopic (exact) mass is 262 g/mol. The van der Waals surface area contributed by atoms with Gasteiger partial charge < -0.3 is 4.74 Å². The van der Waals surface area contributed by atoms with Gasteiger partial charge in [-0.2, -0.15) is 12.6 Å². The molecule has 1 atom stereocenters. The van der Waals surface area contributed by atoms with Crippen LogP contribution in [0.3, 0.4) is 0 Å². The Morgan fingerprint density at radius 3 is 2.62 bits per heavy atom. The zero-order valence-corrected chi connectivity index (χ0v) is 11.1. The third kappa shape index (κ3) is 3.87. The van der Waals surface area contributed by atoms with E-state index in [1.165, 1.54) is 12.1 Å². The molecule has 0 heterocycles. The molecule has 1 aromatic carbocycles. The Morgan fingerprint density at radius 1 is 1.44 bits per heavy atom. The molecule has 0 bridgehead atoms. The number of halogens is 2. The first-order chi connectivity index (χ1) is 7.54. The molecule has 0 aromatic heterocycles. The summed E-state index contributed by atoms with van der Waals surface area (Å²) in [7, 11) is 0. The summed E-state index contributed by atoms with van der Waals surface area (Å²) in [5.41, 5.74) is 0. The van der Waals surface area contributed by atoms with Crippen LogP contribution in [-0.2, 0) is 0 Å². The molecular weight excluding hydrogens is 247 g/mol. The lowest BCUT2D eigenvalue weighted by Crippen LogP contribution is -2.19. The third-order valence-corrected chi connectivity index (χ3v) is 3.29. The highest BCUT2D eigenvalue weighted by Gasteiger charge is 2.13. The molecule has 0 amide bonds. The zero-order valence-electron chi connectivity index (χ0n) is 9.41. The van der Waals surface area contributed by atoms with E-state index in [2.05, 4.69) is 26.5 Å². The van der Waals surface area contributed by atoms with E-state index in [4.69, 9.17) is 16.3 Å². The standard InChI is InChI=1S/C12H16ClFOS/c1-8(2)9(7-16)6-15-12-4-3-10(14)5-11(12)13/h3-5,8-9,16H,6-7H2,1-2H3. The van der Waals surface area contributed by atoms with Crippen LogP contribution in [0.4, 0.5) is 4.39 Å². The van der Waals surface area contributed by atoms with Crippen LogP contribution in [-0.4, -0.2) is 12.4 Å². The Labute approximate surface area is 106 Å². The molecule has 0 saturated carbocycles. The summed E-state index contributed by atoms with van der Waals surface area (Å²) >= 11 is 10.1. The summed E-state index contributed by atoms with van der Waals surface area (Å²) in [4.78, 5) is 0. The molecule has 1 nitrogen and oxygen atoms in total. The fraction of sp³-hybridized carbons (Fsp3) is 0.500. The summed E-state index contributed by atoms with van der Waals surface area (Å²) in [5, 5.41) is 0.307. The number of ether oxygens (including phenoxy) is 1. The van der Waals surface area contributed by atoms with Crippen molar-refractivity contribution in [1.29, 1.82) is 0 Å². The molecule has 1 rings (SSSR count). The van der Waals surface area contributed by atoms with Gasteiger partial charge in [0.15, 0.2) is 0 Å². The van der Waals surface area contributed by atoms with Gasteiger partial charge in [-0.15, -0.1) is 0 Å². The molecule has 0 saturated heterocycles. The van der Waals surface area contributed by atoms with Gasteiger partial charge >= 0.3 is 0 Å². The van der Waals surface area contributed by atoms with Crippen LogP contribution < -0.4 is 4.74 Å². The van der Waals surface area contributed by atoms with Crippen LogP contribution in [0.25, 0.3) is 0 Å². The largest absolute Gasteiger partial charge is 0.492 e. The highest BCUT2D eigenvalue weighted by Crippen LogP contribution is 2.26. The summed E-state index contributed by atoms with van der Waals surface area (Å²) in [6.45, 7) is 4.79. The Morgan fingerprint density at radius 2 is 2.12 bits per heavy atom. The maximum absolute atomic E-state index is 12.8. The van der Waals surface area contributed by atoms with E-state index in [0.29, 0.717) is 29.2 Å². The molecule has 90 valence electrons. The lowest BCUT2D eigenvalue weighted by molar-refractivity contribution is 0.227. The molecule has 0 N–H and O–H groups in total. The maximum Gasteiger partial charge on any atom is 0.138 e. The van der Waals surface area contributed by atoms with Gasteiger partial charge in [0.05, 0.1) is 11.6 Å². The molecular formula is C12H16ClFOS. The highest BCUT2D eigenvalue weighted by atomic mass is 35.5. The molecule has 0 aliphatic rings. The first-order valence-corrected chi connectivity index (χ1v) is 6.24. The minimum atomic E-state index is -0.355. The van der Waals surface area contributed by atoms with Crippen molar-refractivity contribution in [3.05, 3.63) is 29.0 Å². The zero-order chi connectivity index (χ0) is 12.1. The predicted molar refractivity (Wildman–Crippen MR) is 69.1 cm³/mol. The van der Waals surface area contributed by atoms with Crippen molar-refractivity contribution in [2.75, 3.05) is 12.4 Å². The van der Waals surface area contributed by atoms with Gasteiger partial charge in [-0.05, 0) is 29.9 Å².